The highest BCUT2D eigenvalue weighted by molar-refractivity contribution is 7.12. The van der Waals surface area contributed by atoms with E-state index in [0.29, 0.717) is 6.54 Å². The van der Waals surface area contributed by atoms with Crippen LogP contribution in [0.3, 0.4) is 0 Å². The minimum atomic E-state index is -0.262. The molecule has 0 bridgehead atoms. The quantitative estimate of drug-likeness (QED) is 0.758. The maximum atomic E-state index is 12.3. The minimum Gasteiger partial charge on any atom is -0.393 e. The zero-order chi connectivity index (χ0) is 15.9. The third-order valence-electron chi connectivity index (χ3n) is 3.70. The first-order chi connectivity index (χ1) is 10.6. The number of thiophene rings is 1. The van der Waals surface area contributed by atoms with Crippen molar-refractivity contribution in [1.29, 1.82) is 0 Å². The Morgan fingerprint density at radius 1 is 1.27 bits per heavy atom. The van der Waals surface area contributed by atoms with Gasteiger partial charge in [-0.3, -0.25) is 4.79 Å². The fraction of sp³-hybridized carbons (Fsp3) is 0.389. The van der Waals surface area contributed by atoms with Crippen molar-refractivity contribution in [2.24, 2.45) is 0 Å². The molecule has 2 rings (SSSR count). The number of aryl methyl sites for hydroxylation is 1. The summed E-state index contributed by atoms with van der Waals surface area (Å²) in [7, 11) is 0. The maximum Gasteiger partial charge on any atom is 0.261 e. The summed E-state index contributed by atoms with van der Waals surface area (Å²) in [5.41, 5.74) is 3.26. The second-order valence-electron chi connectivity index (χ2n) is 5.49. The highest BCUT2D eigenvalue weighted by Gasteiger charge is 2.14. The van der Waals surface area contributed by atoms with Gasteiger partial charge in [-0.2, -0.15) is 0 Å². The summed E-state index contributed by atoms with van der Waals surface area (Å²) >= 11 is 1.46. The molecular formula is C18H23NO2S. The topological polar surface area (TPSA) is 49.3 Å². The predicted octanol–water partition coefficient (Wildman–Crippen LogP) is 4.00. The van der Waals surface area contributed by atoms with Crippen molar-refractivity contribution in [3.05, 3.63) is 46.2 Å². The van der Waals surface area contributed by atoms with Gasteiger partial charge in [-0.25, -0.2) is 0 Å². The molecule has 0 radical (unpaired) electrons. The van der Waals surface area contributed by atoms with Gasteiger partial charge in [-0.15, -0.1) is 11.3 Å². The molecule has 1 heterocycles. The molecule has 1 atom stereocenters. The highest BCUT2D eigenvalue weighted by atomic mass is 32.1. The van der Waals surface area contributed by atoms with Crippen molar-refractivity contribution in [3.63, 3.8) is 0 Å². The Balaban J connectivity index is 1.97. The van der Waals surface area contributed by atoms with Crippen molar-refractivity contribution in [1.82, 2.24) is 5.32 Å². The molecule has 1 aromatic heterocycles. The first kappa shape index (κ1) is 16.7. The zero-order valence-electron chi connectivity index (χ0n) is 13.1. The number of nitrogens with one attached hydrogen (secondary N) is 1. The Hall–Kier alpha value is -1.65. The third kappa shape index (κ3) is 4.42. The molecule has 0 aliphatic rings. The van der Waals surface area contributed by atoms with E-state index < -0.39 is 0 Å². The zero-order valence-corrected chi connectivity index (χ0v) is 14.0. The van der Waals surface area contributed by atoms with E-state index in [1.54, 1.807) is 0 Å². The van der Waals surface area contributed by atoms with Crippen LogP contribution in [0.1, 0.15) is 41.4 Å². The van der Waals surface area contributed by atoms with Crippen LogP contribution < -0.4 is 5.32 Å². The summed E-state index contributed by atoms with van der Waals surface area (Å²) in [5, 5.41) is 14.4. The van der Waals surface area contributed by atoms with Crippen molar-refractivity contribution in [3.8, 4) is 11.1 Å². The van der Waals surface area contributed by atoms with Gasteiger partial charge in [0.2, 0.25) is 0 Å². The van der Waals surface area contributed by atoms with Gasteiger partial charge in [-0.05, 0) is 43.2 Å². The average molecular weight is 317 g/mol. The van der Waals surface area contributed by atoms with Gasteiger partial charge in [0.1, 0.15) is 0 Å². The van der Waals surface area contributed by atoms with E-state index >= 15 is 0 Å². The smallest absolute Gasteiger partial charge is 0.261 e. The summed E-state index contributed by atoms with van der Waals surface area (Å²) in [5.74, 6) is -0.0310. The van der Waals surface area contributed by atoms with Crippen molar-refractivity contribution in [2.45, 2.75) is 39.2 Å². The Bertz CT molecular complexity index is 604. The van der Waals surface area contributed by atoms with Crippen LogP contribution in [-0.2, 0) is 0 Å². The molecule has 0 aliphatic heterocycles. The summed E-state index contributed by atoms with van der Waals surface area (Å²) in [6.07, 6.45) is 2.02. The number of aliphatic hydroxyl groups is 1. The highest BCUT2D eigenvalue weighted by Crippen LogP contribution is 2.28. The van der Waals surface area contributed by atoms with Crippen LogP contribution in [0.2, 0.25) is 0 Å². The number of hydrogen-bond acceptors (Lipinski definition) is 3. The molecule has 1 aromatic carbocycles. The molecule has 118 valence electrons. The van der Waals surface area contributed by atoms with Crippen molar-refractivity contribution in [2.75, 3.05) is 6.54 Å². The molecule has 0 saturated heterocycles. The lowest BCUT2D eigenvalue weighted by Crippen LogP contribution is -2.24. The molecule has 2 aromatic rings. The second-order valence-corrected chi connectivity index (χ2v) is 6.41. The van der Waals surface area contributed by atoms with Crippen LogP contribution >= 0.6 is 11.3 Å². The monoisotopic (exact) mass is 317 g/mol. The summed E-state index contributed by atoms with van der Waals surface area (Å²) in [6, 6.07) is 10.2. The molecule has 0 aliphatic carbocycles. The van der Waals surface area contributed by atoms with E-state index in [9.17, 15) is 9.90 Å². The fourth-order valence-electron chi connectivity index (χ4n) is 2.27. The fourth-order valence-corrected chi connectivity index (χ4v) is 3.10. The van der Waals surface area contributed by atoms with E-state index in [1.807, 2.05) is 30.5 Å². The van der Waals surface area contributed by atoms with Gasteiger partial charge in [0, 0.05) is 12.1 Å². The molecule has 3 nitrogen and oxygen atoms in total. The van der Waals surface area contributed by atoms with Crippen LogP contribution in [0.25, 0.3) is 11.1 Å². The molecular weight excluding hydrogens is 294 g/mol. The number of benzene rings is 1. The third-order valence-corrected chi connectivity index (χ3v) is 4.62. The molecule has 2 N–H and O–H groups in total. The Morgan fingerprint density at radius 3 is 2.68 bits per heavy atom. The van der Waals surface area contributed by atoms with E-state index in [-0.39, 0.29) is 12.0 Å². The molecule has 1 amide bonds. The van der Waals surface area contributed by atoms with Gasteiger partial charge in [0.25, 0.3) is 5.91 Å². The Kier molecular flexibility index (Phi) is 6.16. The van der Waals surface area contributed by atoms with E-state index in [0.717, 1.165) is 35.3 Å². The number of carbonyl (C=O) groups is 1. The number of hydrogen-bond donors (Lipinski definition) is 2. The minimum absolute atomic E-state index is 0.0310. The summed E-state index contributed by atoms with van der Waals surface area (Å²) in [6.45, 7) is 4.61. The van der Waals surface area contributed by atoms with Crippen molar-refractivity contribution >= 4 is 17.2 Å². The lowest BCUT2D eigenvalue weighted by atomic mass is 10.0. The molecule has 4 heteroatoms. The van der Waals surface area contributed by atoms with Crippen LogP contribution in [0.4, 0.5) is 0 Å². The van der Waals surface area contributed by atoms with Gasteiger partial charge in [0.05, 0.1) is 11.0 Å². The van der Waals surface area contributed by atoms with Crippen LogP contribution in [0, 0.1) is 6.92 Å². The lowest BCUT2D eigenvalue weighted by Gasteiger charge is -2.09. The van der Waals surface area contributed by atoms with Crippen LogP contribution in [0.15, 0.2) is 35.7 Å². The van der Waals surface area contributed by atoms with Gasteiger partial charge in [-0.1, -0.05) is 36.8 Å². The molecule has 0 fully saturated rings. The van der Waals surface area contributed by atoms with Gasteiger partial charge in [0.15, 0.2) is 0 Å². The average Bonchev–Trinajstić information content (AvgIpc) is 3.01. The second kappa shape index (κ2) is 8.11. The number of aliphatic hydroxyl groups excluding tert-OH is 1. The van der Waals surface area contributed by atoms with Gasteiger partial charge < -0.3 is 10.4 Å². The van der Waals surface area contributed by atoms with Crippen LogP contribution in [-0.4, -0.2) is 23.7 Å². The SMILES string of the molecule is CCC(O)CCCNC(=O)c1sccc1-c1ccc(C)cc1. The first-order valence-corrected chi connectivity index (χ1v) is 8.60. The Morgan fingerprint density at radius 2 is 2.00 bits per heavy atom. The van der Waals surface area contributed by atoms with Crippen molar-refractivity contribution < 1.29 is 9.90 Å². The van der Waals surface area contributed by atoms with E-state index in [4.69, 9.17) is 0 Å². The molecule has 0 saturated carbocycles. The lowest BCUT2D eigenvalue weighted by molar-refractivity contribution is 0.0953. The van der Waals surface area contributed by atoms with Crippen LogP contribution in [0.5, 0.6) is 0 Å². The molecule has 1 unspecified atom stereocenters. The largest absolute Gasteiger partial charge is 0.393 e. The number of amides is 1. The Labute approximate surface area is 136 Å². The molecule has 0 spiro atoms. The first-order valence-electron chi connectivity index (χ1n) is 7.72. The van der Waals surface area contributed by atoms with E-state index in [1.165, 1.54) is 16.9 Å². The maximum absolute atomic E-state index is 12.3. The predicted molar refractivity (Wildman–Crippen MR) is 92.4 cm³/mol. The molecule has 22 heavy (non-hydrogen) atoms. The standard InChI is InChI=1S/C18H23NO2S/c1-3-15(20)5-4-11-19-18(21)17-16(10-12-22-17)14-8-6-13(2)7-9-14/h6-10,12,15,20H,3-5,11H2,1-2H3,(H,19,21). The summed E-state index contributed by atoms with van der Waals surface area (Å²) in [4.78, 5) is 13.1. The summed E-state index contributed by atoms with van der Waals surface area (Å²) < 4.78 is 0. The number of rotatable bonds is 7. The number of carbonyl (C=O) groups excluding carboxylic acids is 1. The van der Waals surface area contributed by atoms with E-state index in [2.05, 4.69) is 24.4 Å². The van der Waals surface area contributed by atoms with Gasteiger partial charge >= 0.3 is 0 Å². The normalized spacial score (nSPS) is 12.1.